The molecule has 0 aromatic rings. The van der Waals surface area contributed by atoms with Crippen molar-refractivity contribution in [2.45, 2.75) is 63.7 Å². The minimum Gasteiger partial charge on any atom is -0.348 e. The fraction of sp³-hybridized carbons (Fsp3) is 1.00. The van der Waals surface area contributed by atoms with Crippen LogP contribution in [0.3, 0.4) is 0 Å². The Morgan fingerprint density at radius 3 is 2.04 bits per heavy atom. The third kappa shape index (κ3) is 6.37. The zero-order chi connectivity index (χ0) is 20.0. The molecule has 4 atom stereocenters. The van der Waals surface area contributed by atoms with Crippen LogP contribution in [0.2, 0.25) is 0 Å². The highest BCUT2D eigenvalue weighted by Gasteiger charge is 2.52. The van der Waals surface area contributed by atoms with Gasteiger partial charge in [0.25, 0.3) is 20.2 Å². The zero-order valence-corrected chi connectivity index (χ0v) is 17.3. The van der Waals surface area contributed by atoms with Gasteiger partial charge >= 0.3 is 0 Å². The van der Waals surface area contributed by atoms with Gasteiger partial charge in [0.2, 0.25) is 0 Å². The van der Waals surface area contributed by atoms with E-state index in [1.807, 2.05) is 0 Å². The van der Waals surface area contributed by atoms with Gasteiger partial charge < -0.3 is 18.9 Å². The summed E-state index contributed by atoms with van der Waals surface area (Å²) in [6, 6.07) is 0. The first-order valence-corrected chi connectivity index (χ1v) is 11.6. The quantitative estimate of drug-likeness (QED) is 0.521. The Kier molecular flexibility index (Phi) is 6.12. The predicted molar refractivity (Wildman–Crippen MR) is 89.2 cm³/mol. The molecule has 0 saturated carbocycles. The van der Waals surface area contributed by atoms with Gasteiger partial charge in [0.05, 0.1) is 25.7 Å². The maximum atomic E-state index is 11.8. The van der Waals surface area contributed by atoms with Crippen molar-refractivity contribution in [2.75, 3.05) is 25.7 Å². The van der Waals surface area contributed by atoms with Crippen molar-refractivity contribution in [1.82, 2.24) is 0 Å². The number of hydrogen-bond donors (Lipinski definition) is 0. The summed E-state index contributed by atoms with van der Waals surface area (Å²) >= 11 is 0. The SMILES string of the molecule is CC1(C)OCC([C@@H](OS(C)(=O)=O)[C@H]2OC(C)(C)OC2COS(C)(=O)=O)O1. The Morgan fingerprint density at radius 1 is 0.962 bits per heavy atom. The average molecular weight is 418 g/mol. The number of ether oxygens (including phenoxy) is 4. The third-order valence-electron chi connectivity index (χ3n) is 3.67. The highest BCUT2D eigenvalue weighted by Crippen LogP contribution is 2.36. The number of hydrogen-bond acceptors (Lipinski definition) is 10. The molecule has 2 aliphatic heterocycles. The molecule has 0 aromatic carbocycles. The van der Waals surface area contributed by atoms with E-state index >= 15 is 0 Å². The van der Waals surface area contributed by atoms with Crippen molar-refractivity contribution < 1.29 is 44.1 Å². The van der Waals surface area contributed by atoms with E-state index in [4.69, 9.17) is 27.3 Å². The Hall–Kier alpha value is -0.340. The molecule has 0 spiro atoms. The van der Waals surface area contributed by atoms with Gasteiger partial charge in [-0.2, -0.15) is 16.8 Å². The molecule has 2 heterocycles. The summed E-state index contributed by atoms with van der Waals surface area (Å²) in [5.41, 5.74) is 0. The van der Waals surface area contributed by atoms with Gasteiger partial charge in [-0.1, -0.05) is 0 Å². The zero-order valence-electron chi connectivity index (χ0n) is 15.6. The van der Waals surface area contributed by atoms with E-state index in [1.54, 1.807) is 27.7 Å². The molecular weight excluding hydrogens is 392 g/mol. The lowest BCUT2D eigenvalue weighted by Gasteiger charge is -2.29. The summed E-state index contributed by atoms with van der Waals surface area (Å²) < 4.78 is 78.8. The van der Waals surface area contributed by atoms with Crippen molar-refractivity contribution >= 4 is 20.2 Å². The highest BCUT2D eigenvalue weighted by molar-refractivity contribution is 7.86. The molecule has 0 aromatic heterocycles. The van der Waals surface area contributed by atoms with Crippen LogP contribution in [-0.2, 0) is 47.5 Å². The van der Waals surface area contributed by atoms with Crippen LogP contribution in [0.15, 0.2) is 0 Å². The van der Waals surface area contributed by atoms with Crippen LogP contribution in [0.5, 0.6) is 0 Å². The molecule has 0 amide bonds. The Bertz CT molecular complexity index is 712. The molecule has 2 saturated heterocycles. The van der Waals surface area contributed by atoms with Crippen LogP contribution >= 0.6 is 0 Å². The topological polar surface area (TPSA) is 124 Å². The molecule has 26 heavy (non-hydrogen) atoms. The van der Waals surface area contributed by atoms with E-state index < -0.39 is 56.2 Å². The lowest BCUT2D eigenvalue weighted by molar-refractivity contribution is -0.174. The molecule has 2 rings (SSSR count). The van der Waals surface area contributed by atoms with Gasteiger partial charge in [-0.15, -0.1) is 0 Å². The first-order valence-electron chi connectivity index (χ1n) is 7.97. The average Bonchev–Trinajstić information content (AvgIpc) is 2.91. The van der Waals surface area contributed by atoms with E-state index in [1.165, 1.54) is 0 Å². The van der Waals surface area contributed by atoms with Crippen LogP contribution in [0, 0.1) is 0 Å². The minimum absolute atomic E-state index is 0.0765. The van der Waals surface area contributed by atoms with Crippen molar-refractivity contribution in [3.63, 3.8) is 0 Å². The summed E-state index contributed by atoms with van der Waals surface area (Å²) in [7, 11) is -7.59. The van der Waals surface area contributed by atoms with Crippen molar-refractivity contribution in [3.8, 4) is 0 Å². The second-order valence-corrected chi connectivity index (χ2v) is 10.5. The molecule has 2 fully saturated rings. The van der Waals surface area contributed by atoms with Crippen molar-refractivity contribution in [3.05, 3.63) is 0 Å². The molecule has 10 nitrogen and oxygen atoms in total. The van der Waals surface area contributed by atoms with Gasteiger partial charge in [-0.3, -0.25) is 8.37 Å². The molecule has 2 unspecified atom stereocenters. The molecule has 0 radical (unpaired) electrons. The second kappa shape index (κ2) is 7.24. The van der Waals surface area contributed by atoms with Gasteiger partial charge in [0.1, 0.15) is 24.4 Å². The van der Waals surface area contributed by atoms with Crippen molar-refractivity contribution in [1.29, 1.82) is 0 Å². The first-order chi connectivity index (χ1) is 11.6. The van der Waals surface area contributed by atoms with E-state index in [2.05, 4.69) is 0 Å². The van der Waals surface area contributed by atoms with Crippen molar-refractivity contribution in [2.24, 2.45) is 0 Å². The summed E-state index contributed by atoms with van der Waals surface area (Å²) in [5, 5.41) is 0. The van der Waals surface area contributed by atoms with E-state index in [0.717, 1.165) is 12.5 Å². The minimum atomic E-state index is -3.87. The summed E-state index contributed by atoms with van der Waals surface area (Å²) in [6.07, 6.45) is -1.90. The second-order valence-electron chi connectivity index (χ2n) is 7.26. The van der Waals surface area contributed by atoms with Gasteiger partial charge in [-0.05, 0) is 27.7 Å². The fourth-order valence-corrected chi connectivity index (χ4v) is 3.89. The Labute approximate surface area is 154 Å². The lowest BCUT2D eigenvalue weighted by atomic mass is 10.0. The maximum absolute atomic E-state index is 11.8. The highest BCUT2D eigenvalue weighted by atomic mass is 32.2. The maximum Gasteiger partial charge on any atom is 0.264 e. The Balaban J connectivity index is 2.27. The largest absolute Gasteiger partial charge is 0.348 e. The van der Waals surface area contributed by atoms with E-state index in [9.17, 15) is 16.8 Å². The Morgan fingerprint density at radius 2 is 1.58 bits per heavy atom. The standard InChI is InChI=1S/C14H26O10S2/c1-13(2)19-7-9(21-13)12(24-26(6,17)18)11-10(8-20-25(5,15)16)22-14(3,4)23-11/h9-12H,7-8H2,1-6H3/t9?,10?,11-,12+/m0/s1. The van der Waals surface area contributed by atoms with Crippen LogP contribution in [0.4, 0.5) is 0 Å². The molecule has 0 aliphatic carbocycles. The molecule has 0 bridgehead atoms. The van der Waals surface area contributed by atoms with Crippen LogP contribution in [0.25, 0.3) is 0 Å². The smallest absolute Gasteiger partial charge is 0.264 e. The first kappa shape index (κ1) is 22.0. The van der Waals surface area contributed by atoms with E-state index in [0.29, 0.717) is 0 Å². The molecule has 2 aliphatic rings. The lowest BCUT2D eigenvalue weighted by Crippen LogP contribution is -2.48. The van der Waals surface area contributed by atoms with E-state index in [-0.39, 0.29) is 13.2 Å². The van der Waals surface area contributed by atoms with Crippen LogP contribution < -0.4 is 0 Å². The van der Waals surface area contributed by atoms with Crippen LogP contribution in [-0.4, -0.2) is 78.6 Å². The van der Waals surface area contributed by atoms with Gasteiger partial charge in [0, 0.05) is 0 Å². The molecular formula is C14H26O10S2. The molecule has 154 valence electrons. The predicted octanol–water partition coefficient (Wildman–Crippen LogP) is -0.0210. The van der Waals surface area contributed by atoms with Crippen LogP contribution in [0.1, 0.15) is 27.7 Å². The number of rotatable bonds is 7. The summed E-state index contributed by atoms with van der Waals surface area (Å²) in [5.74, 6) is -2.01. The van der Waals surface area contributed by atoms with Gasteiger partial charge in [-0.25, -0.2) is 0 Å². The molecule has 0 N–H and O–H groups in total. The van der Waals surface area contributed by atoms with Gasteiger partial charge in [0.15, 0.2) is 11.6 Å². The summed E-state index contributed by atoms with van der Waals surface area (Å²) in [6.45, 7) is 6.33. The monoisotopic (exact) mass is 418 g/mol. The molecule has 12 heteroatoms. The normalized spacial score (nSPS) is 32.6. The summed E-state index contributed by atoms with van der Waals surface area (Å²) in [4.78, 5) is 0. The fourth-order valence-electron chi connectivity index (χ4n) is 2.87. The third-order valence-corrected chi connectivity index (χ3v) is 4.81.